The van der Waals surface area contributed by atoms with Crippen LogP contribution in [0.2, 0.25) is 5.02 Å². The molecule has 0 fully saturated rings. The van der Waals surface area contributed by atoms with Gasteiger partial charge in [0.15, 0.2) is 5.78 Å². The van der Waals surface area contributed by atoms with Gasteiger partial charge in [0.1, 0.15) is 0 Å². The number of hydrogen-bond acceptors (Lipinski definition) is 4. The predicted octanol–water partition coefficient (Wildman–Crippen LogP) is 4.19. The van der Waals surface area contributed by atoms with E-state index in [9.17, 15) is 4.79 Å². The molecule has 0 saturated heterocycles. The van der Waals surface area contributed by atoms with Gasteiger partial charge in [-0.25, -0.2) is 0 Å². The summed E-state index contributed by atoms with van der Waals surface area (Å²) in [4.78, 5) is 13.4. The molecule has 0 saturated carbocycles. The van der Waals surface area contributed by atoms with Crippen LogP contribution in [0.3, 0.4) is 0 Å². The number of Topliss-reactive ketones (excluding diaryl/α,β-unsaturated/α-hetero) is 1. The maximum Gasteiger partial charge on any atom is 0.173 e. The lowest BCUT2D eigenvalue weighted by atomic mass is 9.94. The topological polar surface area (TPSA) is 60.9 Å². The van der Waals surface area contributed by atoms with Gasteiger partial charge in [-0.2, -0.15) is 5.10 Å². The molecule has 0 aliphatic carbocycles. The van der Waals surface area contributed by atoms with Crippen LogP contribution < -0.4 is 5.73 Å². The molecule has 2 aromatic heterocycles. The van der Waals surface area contributed by atoms with Gasteiger partial charge in [-0.1, -0.05) is 41.9 Å². The lowest BCUT2D eigenvalue weighted by Gasteiger charge is -2.13. The zero-order valence-electron chi connectivity index (χ0n) is 14.0. The largest absolute Gasteiger partial charge is 0.330 e. The van der Waals surface area contributed by atoms with Crippen molar-refractivity contribution < 1.29 is 4.79 Å². The Balaban J connectivity index is 1.71. The van der Waals surface area contributed by atoms with Crippen LogP contribution >= 0.6 is 22.9 Å². The molecule has 0 aliphatic rings. The third-order valence-electron chi connectivity index (χ3n) is 4.22. The fourth-order valence-corrected chi connectivity index (χ4v) is 4.01. The van der Waals surface area contributed by atoms with E-state index < -0.39 is 0 Å². The predicted molar refractivity (Wildman–Crippen MR) is 103 cm³/mol. The minimum atomic E-state index is 0.126. The first kappa shape index (κ1) is 17.9. The molecule has 1 aromatic carbocycles. The van der Waals surface area contributed by atoms with E-state index in [1.165, 1.54) is 16.9 Å². The van der Waals surface area contributed by atoms with Crippen molar-refractivity contribution in [3.63, 3.8) is 0 Å². The smallest absolute Gasteiger partial charge is 0.173 e. The normalized spacial score (nSPS) is 12.3. The fourth-order valence-electron chi connectivity index (χ4n) is 2.89. The van der Waals surface area contributed by atoms with E-state index in [0.717, 1.165) is 22.6 Å². The summed E-state index contributed by atoms with van der Waals surface area (Å²) in [5, 5.41) is 6.68. The molecule has 1 unspecified atom stereocenters. The maximum atomic E-state index is 12.7. The van der Waals surface area contributed by atoms with Gasteiger partial charge in [0.25, 0.3) is 0 Å². The summed E-state index contributed by atoms with van der Waals surface area (Å²) in [6.07, 6.45) is 2.87. The number of ketones is 1. The average Bonchev–Trinajstić information content (AvgIpc) is 3.22. The number of carbonyl (C=O) groups is 1. The summed E-state index contributed by atoms with van der Waals surface area (Å²) in [5.74, 6) is 0.265. The van der Waals surface area contributed by atoms with Gasteiger partial charge in [-0.15, -0.1) is 11.3 Å². The average molecular weight is 374 g/mol. The minimum Gasteiger partial charge on any atom is -0.330 e. The lowest BCUT2D eigenvalue weighted by molar-refractivity contribution is 0.0966. The summed E-state index contributed by atoms with van der Waals surface area (Å²) in [7, 11) is 1.84. The Bertz CT molecular complexity index is 837. The van der Waals surface area contributed by atoms with Crippen LogP contribution in [0.5, 0.6) is 0 Å². The molecule has 4 nitrogen and oxygen atoms in total. The van der Waals surface area contributed by atoms with Gasteiger partial charge in [-0.3, -0.25) is 9.48 Å². The van der Waals surface area contributed by atoms with Crippen LogP contribution in [-0.2, 0) is 13.5 Å². The first-order valence-electron chi connectivity index (χ1n) is 8.12. The van der Waals surface area contributed by atoms with E-state index in [1.807, 2.05) is 36.7 Å². The molecule has 2 N–H and O–H groups in total. The fraction of sp³-hybridized carbons (Fsp3) is 0.263. The molecule has 0 amide bonds. The number of nitrogens with two attached hydrogens (primary N) is 1. The van der Waals surface area contributed by atoms with E-state index in [0.29, 0.717) is 18.0 Å². The molecule has 0 radical (unpaired) electrons. The molecule has 3 rings (SSSR count). The van der Waals surface area contributed by atoms with E-state index in [1.54, 1.807) is 10.9 Å². The molecule has 2 heterocycles. The molecular formula is C19H20ClN3OS. The molecule has 6 heteroatoms. The van der Waals surface area contributed by atoms with Crippen LogP contribution in [-0.4, -0.2) is 22.1 Å². The number of benzene rings is 1. The molecule has 3 aromatic rings. The zero-order valence-corrected chi connectivity index (χ0v) is 15.6. The highest BCUT2D eigenvalue weighted by molar-refractivity contribution is 7.12. The van der Waals surface area contributed by atoms with Gasteiger partial charge in [0, 0.05) is 24.4 Å². The van der Waals surface area contributed by atoms with Crippen LogP contribution in [0.25, 0.3) is 11.3 Å². The maximum absolute atomic E-state index is 12.7. The minimum absolute atomic E-state index is 0.126. The second-order valence-corrected chi connectivity index (χ2v) is 7.40. The number of hydrogen-bond donors (Lipinski definition) is 1. The summed E-state index contributed by atoms with van der Waals surface area (Å²) in [6, 6.07) is 12.0. The molecule has 130 valence electrons. The molecule has 0 spiro atoms. The van der Waals surface area contributed by atoms with Gasteiger partial charge in [0.2, 0.25) is 0 Å². The lowest BCUT2D eigenvalue weighted by Crippen LogP contribution is -2.20. The monoisotopic (exact) mass is 373 g/mol. The highest BCUT2D eigenvalue weighted by Gasteiger charge is 2.18. The molecule has 0 aliphatic heterocycles. The van der Waals surface area contributed by atoms with Crippen molar-refractivity contribution in [1.82, 2.24) is 9.78 Å². The van der Waals surface area contributed by atoms with Crippen LogP contribution in [0.4, 0.5) is 0 Å². The Hall–Kier alpha value is -1.95. The van der Waals surface area contributed by atoms with E-state index in [4.69, 9.17) is 17.3 Å². The third-order valence-corrected chi connectivity index (χ3v) is 5.46. The van der Waals surface area contributed by atoms with Crippen molar-refractivity contribution in [2.24, 2.45) is 18.7 Å². The summed E-state index contributed by atoms with van der Waals surface area (Å²) in [5.41, 5.74) is 8.85. The number of nitrogens with zero attached hydrogens (tertiary/aromatic N) is 2. The van der Waals surface area contributed by atoms with Gasteiger partial charge < -0.3 is 5.73 Å². The molecule has 1 atom stereocenters. The second kappa shape index (κ2) is 7.95. The van der Waals surface area contributed by atoms with E-state index in [2.05, 4.69) is 17.2 Å². The van der Waals surface area contributed by atoms with Gasteiger partial charge in [0.05, 0.1) is 21.8 Å². The number of aryl methyl sites for hydroxylation is 1. The number of aromatic nitrogens is 2. The molecule has 25 heavy (non-hydrogen) atoms. The first-order chi connectivity index (χ1) is 12.1. The summed E-state index contributed by atoms with van der Waals surface area (Å²) >= 11 is 7.63. The number of thiophene rings is 1. The number of carbonyl (C=O) groups excluding carboxylic acids is 1. The Kier molecular flexibility index (Phi) is 5.68. The summed E-state index contributed by atoms with van der Waals surface area (Å²) < 4.78 is 1.72. The van der Waals surface area contributed by atoms with Crippen molar-refractivity contribution in [2.75, 3.05) is 6.54 Å². The zero-order chi connectivity index (χ0) is 17.8. The van der Waals surface area contributed by atoms with Crippen molar-refractivity contribution in [3.05, 3.63) is 63.4 Å². The quantitative estimate of drug-likeness (QED) is 0.631. The second-order valence-electron chi connectivity index (χ2n) is 6.08. The molecular weight excluding hydrogens is 354 g/mol. The van der Waals surface area contributed by atoms with Crippen molar-refractivity contribution >= 4 is 28.7 Å². The highest BCUT2D eigenvalue weighted by atomic mass is 35.5. The van der Waals surface area contributed by atoms with Crippen molar-refractivity contribution in [1.29, 1.82) is 0 Å². The number of halogens is 1. The van der Waals surface area contributed by atoms with Crippen LogP contribution in [0, 0.1) is 5.92 Å². The summed E-state index contributed by atoms with van der Waals surface area (Å²) in [6.45, 7) is 0.492. The Morgan fingerprint density at radius 1 is 1.36 bits per heavy atom. The number of rotatable bonds is 7. The highest BCUT2D eigenvalue weighted by Crippen LogP contribution is 2.31. The van der Waals surface area contributed by atoms with Gasteiger partial charge in [-0.05, 0) is 30.5 Å². The van der Waals surface area contributed by atoms with E-state index in [-0.39, 0.29) is 11.7 Å². The van der Waals surface area contributed by atoms with Crippen molar-refractivity contribution in [3.8, 4) is 11.3 Å². The standard InChI is InChI=1S/C19H20ClN3OS/c1-23-19(16(20)11-22-23)15-9-18(25-12-15)17(24)8-14(10-21)7-13-5-3-2-4-6-13/h2-6,9,11-12,14H,7-8,10,21H2,1H3. The van der Waals surface area contributed by atoms with Crippen LogP contribution in [0.1, 0.15) is 21.7 Å². The van der Waals surface area contributed by atoms with Gasteiger partial charge >= 0.3 is 0 Å². The Morgan fingerprint density at radius 3 is 2.76 bits per heavy atom. The SMILES string of the molecule is Cn1ncc(Cl)c1-c1csc(C(=O)CC(CN)Cc2ccccc2)c1. The molecule has 0 bridgehead atoms. The Morgan fingerprint density at radius 2 is 2.12 bits per heavy atom. The van der Waals surface area contributed by atoms with E-state index >= 15 is 0 Å². The Labute approximate surface area is 156 Å². The van der Waals surface area contributed by atoms with Crippen molar-refractivity contribution in [2.45, 2.75) is 12.8 Å². The third kappa shape index (κ3) is 4.18. The van der Waals surface area contributed by atoms with Crippen LogP contribution in [0.15, 0.2) is 48.0 Å². The first-order valence-corrected chi connectivity index (χ1v) is 9.38.